The van der Waals surface area contributed by atoms with Crippen LogP contribution in [0, 0.1) is 0 Å². The molecule has 0 atom stereocenters. The summed E-state index contributed by atoms with van der Waals surface area (Å²) in [5.41, 5.74) is 6.26. The molecule has 2 rings (SSSR count). The molecule has 1 aromatic heterocycles. The Morgan fingerprint density at radius 1 is 1.25 bits per heavy atom. The second kappa shape index (κ2) is 4.97. The SMILES string of the molecule is NCc1nnc(Nc2ccc(Cl)c(Cl)c2)s1. The van der Waals surface area contributed by atoms with Gasteiger partial charge in [0, 0.05) is 12.2 Å². The first-order chi connectivity index (χ1) is 7.69. The van der Waals surface area contributed by atoms with Crippen molar-refractivity contribution >= 4 is 45.4 Å². The maximum absolute atomic E-state index is 5.89. The minimum absolute atomic E-state index is 0.390. The van der Waals surface area contributed by atoms with E-state index in [1.165, 1.54) is 11.3 Å². The van der Waals surface area contributed by atoms with Crippen molar-refractivity contribution in [2.45, 2.75) is 6.54 Å². The van der Waals surface area contributed by atoms with Gasteiger partial charge in [0.15, 0.2) is 0 Å². The Kier molecular flexibility index (Phi) is 3.60. The van der Waals surface area contributed by atoms with Crippen LogP contribution in [0.1, 0.15) is 5.01 Å². The van der Waals surface area contributed by atoms with Crippen molar-refractivity contribution in [2.75, 3.05) is 5.32 Å². The van der Waals surface area contributed by atoms with E-state index in [-0.39, 0.29) is 0 Å². The van der Waals surface area contributed by atoms with Crippen molar-refractivity contribution in [3.8, 4) is 0 Å². The molecule has 1 heterocycles. The first-order valence-electron chi connectivity index (χ1n) is 4.43. The van der Waals surface area contributed by atoms with Gasteiger partial charge in [0.2, 0.25) is 5.13 Å². The van der Waals surface area contributed by atoms with Crippen LogP contribution in [0.4, 0.5) is 10.8 Å². The van der Waals surface area contributed by atoms with Crippen LogP contribution in [0.2, 0.25) is 10.0 Å². The molecule has 0 bridgehead atoms. The molecular weight excluding hydrogens is 267 g/mol. The summed E-state index contributed by atoms with van der Waals surface area (Å²) in [6.45, 7) is 0.390. The predicted molar refractivity (Wildman–Crippen MR) is 67.5 cm³/mol. The fraction of sp³-hybridized carbons (Fsp3) is 0.111. The number of aromatic nitrogens is 2. The zero-order chi connectivity index (χ0) is 11.5. The monoisotopic (exact) mass is 274 g/mol. The summed E-state index contributed by atoms with van der Waals surface area (Å²) in [5.74, 6) is 0. The zero-order valence-electron chi connectivity index (χ0n) is 8.08. The van der Waals surface area contributed by atoms with Crippen LogP contribution < -0.4 is 11.1 Å². The lowest BCUT2D eigenvalue weighted by Crippen LogP contribution is -1.94. The van der Waals surface area contributed by atoms with Gasteiger partial charge in [-0.25, -0.2) is 0 Å². The molecule has 0 aliphatic carbocycles. The Balaban J connectivity index is 2.17. The highest BCUT2D eigenvalue weighted by Crippen LogP contribution is 2.27. The van der Waals surface area contributed by atoms with Crippen LogP contribution in [0.3, 0.4) is 0 Å². The van der Waals surface area contributed by atoms with E-state index in [1.807, 2.05) is 6.07 Å². The van der Waals surface area contributed by atoms with E-state index in [4.69, 9.17) is 28.9 Å². The van der Waals surface area contributed by atoms with Crippen molar-refractivity contribution in [1.29, 1.82) is 0 Å². The number of rotatable bonds is 3. The normalized spacial score (nSPS) is 10.4. The Morgan fingerprint density at radius 3 is 2.69 bits per heavy atom. The van der Waals surface area contributed by atoms with Crippen LogP contribution in [-0.2, 0) is 6.54 Å². The van der Waals surface area contributed by atoms with E-state index in [0.717, 1.165) is 10.7 Å². The smallest absolute Gasteiger partial charge is 0.210 e. The molecule has 7 heteroatoms. The maximum atomic E-state index is 5.89. The number of benzene rings is 1. The molecule has 0 unspecified atom stereocenters. The average molecular weight is 275 g/mol. The quantitative estimate of drug-likeness (QED) is 0.903. The van der Waals surface area contributed by atoms with Crippen molar-refractivity contribution in [2.24, 2.45) is 5.73 Å². The van der Waals surface area contributed by atoms with E-state index in [9.17, 15) is 0 Å². The molecule has 0 saturated heterocycles. The highest BCUT2D eigenvalue weighted by Gasteiger charge is 2.04. The summed E-state index contributed by atoms with van der Waals surface area (Å²) in [4.78, 5) is 0. The second-order valence-corrected chi connectivity index (χ2v) is 4.84. The van der Waals surface area contributed by atoms with Gasteiger partial charge in [0.05, 0.1) is 10.0 Å². The fourth-order valence-corrected chi connectivity index (χ4v) is 2.02. The minimum atomic E-state index is 0.390. The zero-order valence-corrected chi connectivity index (χ0v) is 10.4. The number of halogens is 2. The van der Waals surface area contributed by atoms with E-state index in [0.29, 0.717) is 21.7 Å². The van der Waals surface area contributed by atoms with Crippen molar-refractivity contribution < 1.29 is 0 Å². The number of anilines is 2. The molecule has 0 spiro atoms. The Hall–Kier alpha value is -0.880. The average Bonchev–Trinajstić information content (AvgIpc) is 2.71. The van der Waals surface area contributed by atoms with Gasteiger partial charge in [-0.15, -0.1) is 10.2 Å². The van der Waals surface area contributed by atoms with Gasteiger partial charge < -0.3 is 11.1 Å². The summed E-state index contributed by atoms with van der Waals surface area (Å²) in [6.07, 6.45) is 0. The van der Waals surface area contributed by atoms with Gasteiger partial charge in [-0.1, -0.05) is 34.5 Å². The molecule has 0 aliphatic rings. The van der Waals surface area contributed by atoms with Crippen LogP contribution >= 0.6 is 34.5 Å². The highest BCUT2D eigenvalue weighted by molar-refractivity contribution is 7.15. The molecule has 0 fully saturated rings. The summed E-state index contributed by atoms with van der Waals surface area (Å²) in [5, 5.41) is 13.4. The first-order valence-corrected chi connectivity index (χ1v) is 6.01. The molecule has 0 radical (unpaired) electrons. The summed E-state index contributed by atoms with van der Waals surface area (Å²) in [6, 6.07) is 5.27. The predicted octanol–water partition coefficient (Wildman–Crippen LogP) is 3.05. The lowest BCUT2D eigenvalue weighted by atomic mass is 10.3. The van der Waals surface area contributed by atoms with Crippen LogP contribution in [-0.4, -0.2) is 10.2 Å². The minimum Gasteiger partial charge on any atom is -0.330 e. The van der Waals surface area contributed by atoms with E-state index in [2.05, 4.69) is 15.5 Å². The lowest BCUT2D eigenvalue weighted by molar-refractivity contribution is 0.960. The molecule has 0 amide bonds. The fourth-order valence-electron chi connectivity index (χ4n) is 1.08. The molecular formula is C9H8Cl2N4S. The van der Waals surface area contributed by atoms with Gasteiger partial charge >= 0.3 is 0 Å². The molecule has 0 saturated carbocycles. The van der Waals surface area contributed by atoms with Gasteiger partial charge in [0.25, 0.3) is 0 Å². The molecule has 4 nitrogen and oxygen atoms in total. The summed E-state index contributed by atoms with van der Waals surface area (Å²) >= 11 is 13.1. The summed E-state index contributed by atoms with van der Waals surface area (Å²) in [7, 11) is 0. The molecule has 16 heavy (non-hydrogen) atoms. The van der Waals surface area contributed by atoms with E-state index >= 15 is 0 Å². The Labute approximate surface area is 106 Å². The Bertz CT molecular complexity index is 500. The van der Waals surface area contributed by atoms with Gasteiger partial charge in [-0.05, 0) is 18.2 Å². The number of nitrogens with zero attached hydrogens (tertiary/aromatic N) is 2. The van der Waals surface area contributed by atoms with Crippen molar-refractivity contribution in [1.82, 2.24) is 10.2 Å². The largest absolute Gasteiger partial charge is 0.330 e. The third-order valence-electron chi connectivity index (χ3n) is 1.81. The summed E-state index contributed by atoms with van der Waals surface area (Å²) < 4.78 is 0. The first kappa shape index (κ1) is 11.6. The molecule has 84 valence electrons. The van der Waals surface area contributed by atoms with Gasteiger partial charge in [-0.3, -0.25) is 0 Å². The van der Waals surface area contributed by atoms with Crippen LogP contribution in [0.15, 0.2) is 18.2 Å². The number of nitrogens with one attached hydrogen (secondary N) is 1. The number of hydrogen-bond acceptors (Lipinski definition) is 5. The molecule has 2 aromatic rings. The lowest BCUT2D eigenvalue weighted by Gasteiger charge is -2.02. The topological polar surface area (TPSA) is 63.8 Å². The molecule has 1 aromatic carbocycles. The van der Waals surface area contributed by atoms with E-state index in [1.54, 1.807) is 12.1 Å². The van der Waals surface area contributed by atoms with Gasteiger partial charge in [-0.2, -0.15) is 0 Å². The second-order valence-electron chi connectivity index (χ2n) is 2.96. The standard InChI is InChI=1S/C9H8Cl2N4S/c10-6-2-1-5(3-7(6)11)13-9-15-14-8(4-12)16-9/h1-3H,4,12H2,(H,13,15). The third kappa shape index (κ3) is 2.62. The van der Waals surface area contributed by atoms with Crippen molar-refractivity contribution in [3.05, 3.63) is 33.3 Å². The van der Waals surface area contributed by atoms with Crippen LogP contribution in [0.25, 0.3) is 0 Å². The van der Waals surface area contributed by atoms with Crippen LogP contribution in [0.5, 0.6) is 0 Å². The Morgan fingerprint density at radius 2 is 2.06 bits per heavy atom. The van der Waals surface area contributed by atoms with Crippen molar-refractivity contribution in [3.63, 3.8) is 0 Å². The third-order valence-corrected chi connectivity index (χ3v) is 3.41. The highest BCUT2D eigenvalue weighted by atomic mass is 35.5. The van der Waals surface area contributed by atoms with E-state index < -0.39 is 0 Å². The number of nitrogens with two attached hydrogens (primary N) is 1. The number of hydrogen-bond donors (Lipinski definition) is 2. The molecule has 3 N–H and O–H groups in total. The van der Waals surface area contributed by atoms with Gasteiger partial charge in [0.1, 0.15) is 5.01 Å². The molecule has 0 aliphatic heterocycles. The maximum Gasteiger partial charge on any atom is 0.210 e.